The minimum atomic E-state index is -0.485. The van der Waals surface area contributed by atoms with E-state index in [0.717, 1.165) is 11.1 Å². The van der Waals surface area contributed by atoms with Gasteiger partial charge in [0.25, 0.3) is 0 Å². The molecule has 0 unspecified atom stereocenters. The van der Waals surface area contributed by atoms with Crippen LogP contribution in [0.3, 0.4) is 0 Å². The summed E-state index contributed by atoms with van der Waals surface area (Å²) in [5.41, 5.74) is 7.42. The van der Waals surface area contributed by atoms with Gasteiger partial charge in [-0.15, -0.1) is 0 Å². The van der Waals surface area contributed by atoms with Crippen LogP contribution in [0.5, 0.6) is 0 Å². The fourth-order valence-corrected chi connectivity index (χ4v) is 2.29. The highest BCUT2D eigenvalue weighted by Crippen LogP contribution is 2.29. The van der Waals surface area contributed by atoms with Crippen LogP contribution in [0.15, 0.2) is 42.5 Å². The first kappa shape index (κ1) is 14.2. The van der Waals surface area contributed by atoms with Gasteiger partial charge >= 0.3 is 0 Å². The molecule has 0 saturated heterocycles. The van der Waals surface area contributed by atoms with E-state index in [1.54, 1.807) is 25.1 Å². The Morgan fingerprint density at radius 2 is 1.70 bits per heavy atom. The number of primary amides is 1. The summed E-state index contributed by atoms with van der Waals surface area (Å²) in [4.78, 5) is 11.2. The average molecular weight is 275 g/mol. The smallest absolute Gasteiger partial charge is 0.218 e. The molecule has 0 radical (unpaired) electrons. The Hall–Kier alpha value is -2.23. The van der Waals surface area contributed by atoms with Crippen LogP contribution in [0.2, 0.25) is 0 Å². The molecule has 0 spiro atoms. The second kappa shape index (κ2) is 5.82. The van der Waals surface area contributed by atoms with E-state index in [2.05, 4.69) is 0 Å². The van der Waals surface area contributed by atoms with E-state index in [1.165, 1.54) is 24.3 Å². The number of rotatable bonds is 4. The van der Waals surface area contributed by atoms with Gasteiger partial charge in [-0.25, -0.2) is 8.78 Å². The van der Waals surface area contributed by atoms with Crippen molar-refractivity contribution in [1.82, 2.24) is 0 Å². The van der Waals surface area contributed by atoms with Gasteiger partial charge in [-0.3, -0.25) is 4.79 Å². The summed E-state index contributed by atoms with van der Waals surface area (Å²) in [5, 5.41) is 0. The molecule has 2 rings (SSSR count). The molecule has 2 aromatic carbocycles. The summed E-state index contributed by atoms with van der Waals surface area (Å²) in [7, 11) is 0. The lowest BCUT2D eigenvalue weighted by Crippen LogP contribution is -2.16. The van der Waals surface area contributed by atoms with Crippen LogP contribution in [0.4, 0.5) is 8.78 Å². The van der Waals surface area contributed by atoms with Crippen molar-refractivity contribution in [1.29, 1.82) is 0 Å². The summed E-state index contributed by atoms with van der Waals surface area (Å²) in [6.07, 6.45) is 0.0501. The normalized spacial score (nSPS) is 12.2. The molecule has 0 aromatic heterocycles. The van der Waals surface area contributed by atoms with Crippen LogP contribution >= 0.6 is 0 Å². The summed E-state index contributed by atoms with van der Waals surface area (Å²) >= 11 is 0. The highest BCUT2D eigenvalue weighted by Gasteiger charge is 2.18. The largest absolute Gasteiger partial charge is 0.370 e. The van der Waals surface area contributed by atoms with Gasteiger partial charge in [0.05, 0.1) is 0 Å². The maximum absolute atomic E-state index is 13.5. The molecule has 2 nitrogen and oxygen atoms in total. The van der Waals surface area contributed by atoms with Gasteiger partial charge in [-0.05, 0) is 47.9 Å². The van der Waals surface area contributed by atoms with E-state index >= 15 is 0 Å². The number of nitrogens with two attached hydrogens (primary N) is 1. The number of halogens is 2. The number of hydrogen-bond donors (Lipinski definition) is 1. The van der Waals surface area contributed by atoms with Crippen LogP contribution in [0.1, 0.15) is 29.0 Å². The van der Waals surface area contributed by atoms with Crippen LogP contribution in [-0.4, -0.2) is 5.91 Å². The molecular formula is C16H15F2NO. The van der Waals surface area contributed by atoms with Gasteiger partial charge < -0.3 is 5.73 Å². The Labute approximate surface area is 116 Å². The van der Waals surface area contributed by atoms with Crippen molar-refractivity contribution in [3.8, 4) is 0 Å². The zero-order chi connectivity index (χ0) is 14.7. The number of amides is 1. The van der Waals surface area contributed by atoms with E-state index in [-0.39, 0.29) is 24.0 Å². The minimum absolute atomic E-state index is 0.0501. The Morgan fingerprint density at radius 1 is 1.05 bits per heavy atom. The quantitative estimate of drug-likeness (QED) is 0.914. The predicted octanol–water partition coefficient (Wildman–Crippen LogP) is 3.28. The molecule has 2 N–H and O–H groups in total. The van der Waals surface area contributed by atoms with Crippen LogP contribution in [0.25, 0.3) is 0 Å². The first-order valence-electron chi connectivity index (χ1n) is 6.26. The standard InChI is InChI=1S/C16H15F2NO/c1-10-6-12(8-14(18)7-10)15(9-16(19)20)11-2-4-13(17)5-3-11/h2-8,15H,9H2,1H3,(H2,19,20)/t15-/m0/s1. The average Bonchev–Trinajstić information content (AvgIpc) is 2.35. The lowest BCUT2D eigenvalue weighted by molar-refractivity contribution is -0.118. The predicted molar refractivity (Wildman–Crippen MR) is 73.2 cm³/mol. The van der Waals surface area contributed by atoms with E-state index in [4.69, 9.17) is 5.73 Å². The number of carbonyl (C=O) groups is 1. The lowest BCUT2D eigenvalue weighted by Gasteiger charge is -2.17. The van der Waals surface area contributed by atoms with Crippen LogP contribution < -0.4 is 5.73 Å². The van der Waals surface area contributed by atoms with Crippen molar-refractivity contribution in [2.75, 3.05) is 0 Å². The van der Waals surface area contributed by atoms with Crippen molar-refractivity contribution >= 4 is 5.91 Å². The van der Waals surface area contributed by atoms with Gasteiger partial charge in [-0.1, -0.05) is 18.2 Å². The topological polar surface area (TPSA) is 43.1 Å². The number of benzene rings is 2. The molecule has 2 aromatic rings. The van der Waals surface area contributed by atoms with E-state index in [9.17, 15) is 13.6 Å². The first-order valence-corrected chi connectivity index (χ1v) is 6.26. The molecule has 0 saturated carbocycles. The fraction of sp³-hybridized carbons (Fsp3) is 0.188. The second-order valence-electron chi connectivity index (χ2n) is 4.84. The number of carbonyl (C=O) groups excluding carboxylic acids is 1. The van der Waals surface area contributed by atoms with Crippen LogP contribution in [0, 0.1) is 18.6 Å². The molecule has 4 heteroatoms. The van der Waals surface area contributed by atoms with Gasteiger partial charge in [-0.2, -0.15) is 0 Å². The summed E-state index contributed by atoms with van der Waals surface area (Å²) in [6.45, 7) is 1.78. The molecule has 0 bridgehead atoms. The molecule has 0 fully saturated rings. The third-order valence-corrected chi connectivity index (χ3v) is 3.14. The summed E-state index contributed by atoms with van der Waals surface area (Å²) < 4.78 is 26.5. The minimum Gasteiger partial charge on any atom is -0.370 e. The molecular weight excluding hydrogens is 260 g/mol. The van der Waals surface area contributed by atoms with Crippen molar-refractivity contribution in [3.05, 3.63) is 70.8 Å². The molecule has 1 atom stereocenters. The monoisotopic (exact) mass is 275 g/mol. The Morgan fingerprint density at radius 3 is 2.25 bits per heavy atom. The highest BCUT2D eigenvalue weighted by molar-refractivity contribution is 5.75. The van der Waals surface area contributed by atoms with Gasteiger partial charge in [0.2, 0.25) is 5.91 Å². The Bertz CT molecular complexity index is 603. The first-order chi connectivity index (χ1) is 9.45. The van der Waals surface area contributed by atoms with Crippen molar-refractivity contribution in [2.24, 2.45) is 5.73 Å². The van der Waals surface area contributed by atoms with E-state index in [1.807, 2.05) is 0 Å². The van der Waals surface area contributed by atoms with Crippen molar-refractivity contribution in [3.63, 3.8) is 0 Å². The van der Waals surface area contributed by atoms with E-state index in [0.29, 0.717) is 5.56 Å². The number of aryl methyl sites for hydroxylation is 1. The molecule has 1 amide bonds. The van der Waals surface area contributed by atoms with Gasteiger partial charge in [0.1, 0.15) is 11.6 Å². The molecule has 20 heavy (non-hydrogen) atoms. The molecule has 104 valence electrons. The third-order valence-electron chi connectivity index (χ3n) is 3.14. The summed E-state index contributed by atoms with van der Waals surface area (Å²) in [5.74, 6) is -1.58. The maximum Gasteiger partial charge on any atom is 0.218 e. The lowest BCUT2D eigenvalue weighted by atomic mass is 9.87. The number of hydrogen-bond acceptors (Lipinski definition) is 1. The maximum atomic E-state index is 13.5. The van der Waals surface area contributed by atoms with Crippen molar-refractivity contribution in [2.45, 2.75) is 19.3 Å². The third kappa shape index (κ3) is 3.41. The van der Waals surface area contributed by atoms with Crippen molar-refractivity contribution < 1.29 is 13.6 Å². The molecule has 0 aliphatic carbocycles. The van der Waals surface area contributed by atoms with Crippen LogP contribution in [-0.2, 0) is 4.79 Å². The summed E-state index contributed by atoms with van der Waals surface area (Å²) in [6, 6.07) is 10.4. The Balaban J connectivity index is 2.46. The molecule has 0 aliphatic heterocycles. The molecule has 0 heterocycles. The molecule has 0 aliphatic rings. The SMILES string of the molecule is Cc1cc(F)cc([C@@H](CC(N)=O)c2ccc(F)cc2)c1. The van der Waals surface area contributed by atoms with Gasteiger partial charge in [0, 0.05) is 12.3 Å². The van der Waals surface area contributed by atoms with E-state index < -0.39 is 5.91 Å². The fourth-order valence-electron chi connectivity index (χ4n) is 2.29. The second-order valence-corrected chi connectivity index (χ2v) is 4.84. The van der Waals surface area contributed by atoms with Gasteiger partial charge in [0.15, 0.2) is 0 Å². The zero-order valence-electron chi connectivity index (χ0n) is 11.1. The Kier molecular flexibility index (Phi) is 4.13. The zero-order valence-corrected chi connectivity index (χ0v) is 11.1. The highest BCUT2D eigenvalue weighted by atomic mass is 19.1.